The van der Waals surface area contributed by atoms with E-state index in [1.54, 1.807) is 0 Å². The van der Waals surface area contributed by atoms with Gasteiger partial charge < -0.3 is 10.2 Å². The number of amides is 1. The Labute approximate surface area is 92.9 Å². The molecule has 2 aliphatic heterocycles. The van der Waals surface area contributed by atoms with E-state index in [0.29, 0.717) is 6.42 Å². The first kappa shape index (κ1) is 11.1. The van der Waals surface area contributed by atoms with Gasteiger partial charge in [-0.3, -0.25) is 9.00 Å². The van der Waals surface area contributed by atoms with Crippen LogP contribution in [0.1, 0.15) is 26.2 Å². The summed E-state index contributed by atoms with van der Waals surface area (Å²) in [6, 6.07) is 0. The van der Waals surface area contributed by atoms with Crippen LogP contribution in [0.3, 0.4) is 0 Å². The number of nitrogens with one attached hydrogen (secondary N) is 1. The first-order valence-corrected chi connectivity index (χ1v) is 6.71. The maximum atomic E-state index is 12.2. The smallest absolute Gasteiger partial charge is 0.236 e. The Hall–Kier alpha value is -0.420. The van der Waals surface area contributed by atoms with Crippen molar-refractivity contribution in [3.05, 3.63) is 0 Å². The molecule has 0 aromatic rings. The molecule has 0 bridgehead atoms. The van der Waals surface area contributed by atoms with Gasteiger partial charge in [0.05, 0.1) is 10.8 Å². The second-order valence-electron chi connectivity index (χ2n) is 4.48. The lowest BCUT2D eigenvalue weighted by Gasteiger charge is -2.36. The molecule has 2 aliphatic rings. The summed E-state index contributed by atoms with van der Waals surface area (Å²) in [7, 11) is 1.02. The topological polar surface area (TPSA) is 49.4 Å². The molecule has 1 spiro atoms. The fourth-order valence-electron chi connectivity index (χ4n) is 2.37. The average molecular weight is 230 g/mol. The average Bonchev–Trinajstić information content (AvgIpc) is 2.44. The molecule has 1 amide bonds. The number of nitrogens with zero attached hydrogens (tertiary/aromatic N) is 1. The summed E-state index contributed by atoms with van der Waals surface area (Å²) in [4.78, 5) is 13.5. The maximum absolute atomic E-state index is 12.2. The Bertz CT molecular complexity index is 298. The van der Waals surface area contributed by atoms with Gasteiger partial charge in [0.2, 0.25) is 5.91 Å². The van der Waals surface area contributed by atoms with Crippen LogP contribution in [0.5, 0.6) is 0 Å². The predicted octanol–water partition coefficient (Wildman–Crippen LogP) is 0.0654. The van der Waals surface area contributed by atoms with Crippen molar-refractivity contribution < 1.29 is 9.00 Å². The highest BCUT2D eigenvalue weighted by molar-refractivity contribution is 7.88. The van der Waals surface area contributed by atoms with Crippen LogP contribution < -0.4 is 5.32 Å². The first-order chi connectivity index (χ1) is 7.09. The van der Waals surface area contributed by atoms with Gasteiger partial charge in [-0.15, -0.1) is 0 Å². The molecule has 2 heterocycles. The number of hydrogen-bond donors (Lipinski definition) is 1. The van der Waals surface area contributed by atoms with Gasteiger partial charge in [-0.25, -0.2) is 0 Å². The Balaban J connectivity index is 2.17. The van der Waals surface area contributed by atoms with E-state index in [4.69, 9.17) is 0 Å². The lowest BCUT2D eigenvalue weighted by molar-refractivity contribution is -0.120. The molecule has 2 atom stereocenters. The molecule has 0 aliphatic carbocycles. The van der Waals surface area contributed by atoms with Crippen molar-refractivity contribution in [2.45, 2.75) is 36.3 Å². The molecule has 0 saturated carbocycles. The molecular formula is C10H18N2O2S. The van der Waals surface area contributed by atoms with Gasteiger partial charge in [0.25, 0.3) is 0 Å². The summed E-state index contributed by atoms with van der Waals surface area (Å²) in [5, 5.41) is 2.69. The van der Waals surface area contributed by atoms with Gasteiger partial charge >= 0.3 is 0 Å². The molecule has 0 radical (unpaired) electrons. The number of carbonyl (C=O) groups is 1. The van der Waals surface area contributed by atoms with Crippen molar-refractivity contribution in [1.82, 2.24) is 10.2 Å². The summed E-state index contributed by atoms with van der Waals surface area (Å²) >= 11 is 0. The minimum Gasteiger partial charge on any atom is -0.338 e. The summed E-state index contributed by atoms with van der Waals surface area (Å²) in [6.45, 7) is 3.76. The van der Waals surface area contributed by atoms with Gasteiger partial charge in [0.15, 0.2) is 0 Å². The Morgan fingerprint density at radius 1 is 1.53 bits per heavy atom. The number of rotatable bonds is 1. The van der Waals surface area contributed by atoms with Crippen molar-refractivity contribution in [3.8, 4) is 0 Å². The lowest BCUT2D eigenvalue weighted by atomic mass is 10.0. The van der Waals surface area contributed by atoms with Crippen LogP contribution in [0.15, 0.2) is 0 Å². The van der Waals surface area contributed by atoms with E-state index in [1.807, 2.05) is 6.92 Å². The van der Waals surface area contributed by atoms with Crippen molar-refractivity contribution in [2.75, 3.05) is 20.1 Å². The standard InChI is InChI=1S/C10H18N2O2S/c1-3-8-9(13)11-10(15(8)14)4-6-12(2)7-5-10/h8H,3-7H2,1-2H3,(H,11,13)/t8?,15-/m1/s1. The molecule has 0 aromatic heterocycles. The van der Waals surface area contributed by atoms with E-state index in [-0.39, 0.29) is 11.2 Å². The minimum atomic E-state index is -1.04. The van der Waals surface area contributed by atoms with Crippen LogP contribution in [0, 0.1) is 0 Å². The summed E-state index contributed by atoms with van der Waals surface area (Å²) < 4.78 is 12.2. The van der Waals surface area contributed by atoms with E-state index >= 15 is 0 Å². The monoisotopic (exact) mass is 230 g/mol. The number of hydrogen-bond acceptors (Lipinski definition) is 3. The largest absolute Gasteiger partial charge is 0.338 e. The van der Waals surface area contributed by atoms with E-state index in [2.05, 4.69) is 17.3 Å². The fraction of sp³-hybridized carbons (Fsp3) is 0.900. The number of piperidine rings is 1. The Morgan fingerprint density at radius 2 is 2.13 bits per heavy atom. The van der Waals surface area contributed by atoms with Crippen LogP contribution in [0.4, 0.5) is 0 Å². The van der Waals surface area contributed by atoms with Crippen LogP contribution >= 0.6 is 0 Å². The van der Waals surface area contributed by atoms with E-state index < -0.39 is 15.7 Å². The summed E-state index contributed by atoms with van der Waals surface area (Å²) in [5.74, 6) is -0.0135. The Kier molecular flexibility index (Phi) is 2.85. The molecule has 1 N–H and O–H groups in total. The molecule has 0 aromatic carbocycles. The second-order valence-corrected chi connectivity index (χ2v) is 6.43. The quantitative estimate of drug-likeness (QED) is 0.693. The predicted molar refractivity (Wildman–Crippen MR) is 59.8 cm³/mol. The van der Waals surface area contributed by atoms with Gasteiger partial charge in [0, 0.05) is 13.1 Å². The van der Waals surface area contributed by atoms with Crippen molar-refractivity contribution in [3.63, 3.8) is 0 Å². The van der Waals surface area contributed by atoms with Crippen LogP contribution in [0.2, 0.25) is 0 Å². The molecule has 2 fully saturated rings. The van der Waals surface area contributed by atoms with Gasteiger partial charge in [-0.1, -0.05) is 6.92 Å². The number of likely N-dealkylation sites (tertiary alicyclic amines) is 1. The van der Waals surface area contributed by atoms with Crippen molar-refractivity contribution in [1.29, 1.82) is 0 Å². The molecule has 2 rings (SSSR count). The van der Waals surface area contributed by atoms with Crippen molar-refractivity contribution in [2.24, 2.45) is 0 Å². The van der Waals surface area contributed by atoms with Gasteiger partial charge in [0.1, 0.15) is 10.1 Å². The van der Waals surface area contributed by atoms with Gasteiger partial charge in [-0.2, -0.15) is 0 Å². The van der Waals surface area contributed by atoms with E-state index in [0.717, 1.165) is 25.9 Å². The number of carbonyl (C=O) groups excluding carboxylic acids is 1. The third kappa shape index (κ3) is 1.72. The zero-order valence-corrected chi connectivity index (χ0v) is 10.1. The highest BCUT2D eigenvalue weighted by atomic mass is 32.2. The van der Waals surface area contributed by atoms with Crippen LogP contribution in [-0.4, -0.2) is 45.3 Å². The highest BCUT2D eigenvalue weighted by Crippen LogP contribution is 2.33. The SMILES string of the molecule is CCC1C(=O)NC2(CCN(C)CC2)[S@@]1=O. The van der Waals surface area contributed by atoms with Crippen LogP contribution in [-0.2, 0) is 15.6 Å². The van der Waals surface area contributed by atoms with E-state index in [1.165, 1.54) is 0 Å². The zero-order chi connectivity index (χ0) is 11.1. The maximum Gasteiger partial charge on any atom is 0.236 e. The molecule has 15 heavy (non-hydrogen) atoms. The molecule has 86 valence electrons. The third-order valence-electron chi connectivity index (χ3n) is 3.45. The highest BCUT2D eigenvalue weighted by Gasteiger charge is 2.51. The normalized spacial score (nSPS) is 35.7. The first-order valence-electron chi connectivity index (χ1n) is 5.50. The van der Waals surface area contributed by atoms with Crippen molar-refractivity contribution >= 4 is 16.7 Å². The molecule has 2 saturated heterocycles. The third-order valence-corrected chi connectivity index (χ3v) is 5.80. The second kappa shape index (κ2) is 3.87. The lowest BCUT2D eigenvalue weighted by Crippen LogP contribution is -2.51. The molecule has 5 heteroatoms. The Morgan fingerprint density at radius 3 is 2.60 bits per heavy atom. The molecule has 4 nitrogen and oxygen atoms in total. The zero-order valence-electron chi connectivity index (χ0n) is 9.28. The molecular weight excluding hydrogens is 212 g/mol. The van der Waals surface area contributed by atoms with Crippen LogP contribution in [0.25, 0.3) is 0 Å². The summed E-state index contributed by atoms with van der Waals surface area (Å²) in [6.07, 6.45) is 2.31. The van der Waals surface area contributed by atoms with Gasteiger partial charge in [-0.05, 0) is 26.3 Å². The minimum absolute atomic E-state index is 0.0135. The summed E-state index contributed by atoms with van der Waals surface area (Å²) in [5.41, 5.74) is 0. The molecule has 1 unspecified atom stereocenters. The van der Waals surface area contributed by atoms with E-state index in [9.17, 15) is 9.00 Å². The fourth-order valence-corrected chi connectivity index (χ4v) is 4.25.